The second-order valence-corrected chi connectivity index (χ2v) is 8.06. The summed E-state index contributed by atoms with van der Waals surface area (Å²) in [5, 5.41) is 2.01. The molecule has 4 rings (SSSR count). The van der Waals surface area contributed by atoms with E-state index in [9.17, 15) is 14.4 Å². The van der Waals surface area contributed by atoms with Crippen LogP contribution >= 0.6 is 11.3 Å². The van der Waals surface area contributed by atoms with Crippen LogP contribution in [0.5, 0.6) is 0 Å². The second kappa shape index (κ2) is 8.15. The summed E-state index contributed by atoms with van der Waals surface area (Å²) in [5.74, 6) is -0.150. The fourth-order valence-corrected chi connectivity index (χ4v) is 4.06. The Bertz CT molecular complexity index is 1280. The number of amides is 1. The largest absolute Gasteiger partial charge is 0.472 e. The van der Waals surface area contributed by atoms with Gasteiger partial charge in [0, 0.05) is 37.6 Å². The predicted molar refractivity (Wildman–Crippen MR) is 112 cm³/mol. The van der Waals surface area contributed by atoms with Gasteiger partial charge in [-0.05, 0) is 23.9 Å². The zero-order valence-corrected chi connectivity index (χ0v) is 17.5. The van der Waals surface area contributed by atoms with Crippen molar-refractivity contribution in [2.24, 2.45) is 14.1 Å². The SMILES string of the molecule is Cn1c(=O)c2c(ncn2CC(=O)N(CCc2cccs2)Cc2ccoc2)n(C)c1=O. The number of thiophene rings is 1. The molecule has 0 aliphatic rings. The summed E-state index contributed by atoms with van der Waals surface area (Å²) in [6, 6.07) is 5.85. The van der Waals surface area contributed by atoms with Gasteiger partial charge in [-0.1, -0.05) is 6.07 Å². The molecule has 0 aromatic carbocycles. The summed E-state index contributed by atoms with van der Waals surface area (Å²) in [4.78, 5) is 45.0. The number of furan rings is 1. The topological polar surface area (TPSA) is 95.3 Å². The van der Waals surface area contributed by atoms with Crippen molar-refractivity contribution in [1.82, 2.24) is 23.6 Å². The van der Waals surface area contributed by atoms with Crippen LogP contribution in [0.2, 0.25) is 0 Å². The molecule has 0 fully saturated rings. The standard InChI is InChI=1S/C20H21N5O4S/c1-22-18-17(19(27)23(2)20(22)28)25(13-21-18)11-16(26)24(10-14-6-8-29-12-14)7-5-15-4-3-9-30-15/h3-4,6,8-9,12-13H,5,7,10-11H2,1-2H3. The van der Waals surface area contributed by atoms with Gasteiger partial charge < -0.3 is 13.9 Å². The smallest absolute Gasteiger partial charge is 0.332 e. The van der Waals surface area contributed by atoms with E-state index >= 15 is 0 Å². The minimum absolute atomic E-state index is 0.0494. The summed E-state index contributed by atoms with van der Waals surface area (Å²) in [7, 11) is 2.96. The van der Waals surface area contributed by atoms with Crippen LogP contribution in [0.15, 0.2) is 56.4 Å². The first-order valence-electron chi connectivity index (χ1n) is 9.38. The van der Waals surface area contributed by atoms with Crippen molar-refractivity contribution in [2.45, 2.75) is 19.5 Å². The molecule has 4 aromatic heterocycles. The average Bonchev–Trinajstić information content (AvgIpc) is 3.50. The van der Waals surface area contributed by atoms with Crippen LogP contribution in [0.4, 0.5) is 0 Å². The molecule has 9 nitrogen and oxygen atoms in total. The lowest BCUT2D eigenvalue weighted by Crippen LogP contribution is -2.38. The van der Waals surface area contributed by atoms with E-state index in [1.54, 1.807) is 35.8 Å². The van der Waals surface area contributed by atoms with Gasteiger partial charge in [-0.2, -0.15) is 0 Å². The summed E-state index contributed by atoms with van der Waals surface area (Å²) in [6.45, 7) is 0.893. The molecule has 30 heavy (non-hydrogen) atoms. The van der Waals surface area contributed by atoms with Crippen LogP contribution in [-0.2, 0) is 38.4 Å². The second-order valence-electron chi connectivity index (χ2n) is 7.03. The first-order valence-corrected chi connectivity index (χ1v) is 10.3. The molecule has 0 N–H and O–H groups in total. The number of hydrogen-bond acceptors (Lipinski definition) is 6. The summed E-state index contributed by atoms with van der Waals surface area (Å²) in [5.41, 5.74) is 0.452. The van der Waals surface area contributed by atoms with Crippen LogP contribution in [0.1, 0.15) is 10.4 Å². The first kappa shape index (κ1) is 19.9. The molecule has 0 saturated heterocycles. The van der Waals surface area contributed by atoms with Gasteiger partial charge >= 0.3 is 5.69 Å². The number of rotatable bonds is 7. The van der Waals surface area contributed by atoms with E-state index in [4.69, 9.17) is 4.42 Å². The first-order chi connectivity index (χ1) is 14.5. The van der Waals surface area contributed by atoms with E-state index in [1.165, 1.54) is 27.4 Å². The van der Waals surface area contributed by atoms with E-state index in [0.717, 1.165) is 16.6 Å². The van der Waals surface area contributed by atoms with Crippen LogP contribution in [-0.4, -0.2) is 36.0 Å². The maximum absolute atomic E-state index is 13.2. The normalized spacial score (nSPS) is 11.3. The van der Waals surface area contributed by atoms with Crippen molar-refractivity contribution in [3.63, 3.8) is 0 Å². The zero-order valence-electron chi connectivity index (χ0n) is 16.6. The third-order valence-electron chi connectivity index (χ3n) is 5.04. The quantitative estimate of drug-likeness (QED) is 0.444. The van der Waals surface area contributed by atoms with Gasteiger partial charge in [0.2, 0.25) is 5.91 Å². The molecule has 0 radical (unpaired) electrons. The Morgan fingerprint density at radius 2 is 2.07 bits per heavy atom. The van der Waals surface area contributed by atoms with Crippen LogP contribution < -0.4 is 11.2 Å². The monoisotopic (exact) mass is 427 g/mol. The average molecular weight is 427 g/mol. The summed E-state index contributed by atoms with van der Waals surface area (Å²) < 4.78 is 8.96. The maximum Gasteiger partial charge on any atom is 0.332 e. The summed E-state index contributed by atoms with van der Waals surface area (Å²) >= 11 is 1.65. The van der Waals surface area contributed by atoms with Crippen LogP contribution in [0.3, 0.4) is 0 Å². The molecule has 0 spiro atoms. The van der Waals surface area contributed by atoms with Crippen molar-refractivity contribution in [3.8, 4) is 0 Å². The molecular weight excluding hydrogens is 406 g/mol. The van der Waals surface area contributed by atoms with E-state index < -0.39 is 11.2 Å². The number of imidazole rings is 1. The van der Waals surface area contributed by atoms with Crippen molar-refractivity contribution < 1.29 is 9.21 Å². The number of aromatic nitrogens is 4. The van der Waals surface area contributed by atoms with Gasteiger partial charge in [0.1, 0.15) is 6.54 Å². The third-order valence-corrected chi connectivity index (χ3v) is 5.97. The Hall–Kier alpha value is -3.40. The molecule has 4 aromatic rings. The van der Waals surface area contributed by atoms with Gasteiger partial charge in [-0.3, -0.25) is 18.7 Å². The minimum Gasteiger partial charge on any atom is -0.472 e. The fraction of sp³-hybridized carbons (Fsp3) is 0.300. The predicted octanol–water partition coefficient (Wildman–Crippen LogP) is 1.36. The number of nitrogens with zero attached hydrogens (tertiary/aromatic N) is 5. The Labute approximate surface area is 175 Å². The number of fused-ring (bicyclic) bond motifs is 1. The molecule has 0 unspecified atom stereocenters. The highest BCUT2D eigenvalue weighted by atomic mass is 32.1. The lowest BCUT2D eigenvalue weighted by molar-refractivity contribution is -0.132. The van der Waals surface area contributed by atoms with Gasteiger partial charge in [-0.25, -0.2) is 9.78 Å². The van der Waals surface area contributed by atoms with Crippen molar-refractivity contribution in [1.29, 1.82) is 0 Å². The molecule has 156 valence electrons. The number of aryl methyl sites for hydroxylation is 1. The number of carbonyl (C=O) groups excluding carboxylic acids is 1. The van der Waals surface area contributed by atoms with E-state index in [0.29, 0.717) is 13.1 Å². The molecule has 4 heterocycles. The highest BCUT2D eigenvalue weighted by molar-refractivity contribution is 7.09. The highest BCUT2D eigenvalue weighted by Crippen LogP contribution is 2.13. The molecule has 0 aliphatic carbocycles. The molecule has 0 saturated carbocycles. The van der Waals surface area contributed by atoms with Crippen molar-refractivity contribution in [2.75, 3.05) is 6.54 Å². The lowest BCUT2D eigenvalue weighted by atomic mass is 10.2. The Kier molecular flexibility index (Phi) is 5.40. The van der Waals surface area contributed by atoms with Crippen molar-refractivity contribution in [3.05, 3.63) is 73.7 Å². The number of hydrogen-bond donors (Lipinski definition) is 0. The molecule has 0 atom stereocenters. The fourth-order valence-electron chi connectivity index (χ4n) is 3.36. The molecule has 1 amide bonds. The molecule has 10 heteroatoms. The minimum atomic E-state index is -0.474. The van der Waals surface area contributed by atoms with E-state index in [2.05, 4.69) is 4.98 Å². The van der Waals surface area contributed by atoms with Gasteiger partial charge in [0.05, 0.1) is 18.9 Å². The molecular formula is C20H21N5O4S. The highest BCUT2D eigenvalue weighted by Gasteiger charge is 2.20. The zero-order chi connectivity index (χ0) is 21.3. The van der Waals surface area contributed by atoms with Crippen LogP contribution in [0, 0.1) is 0 Å². The lowest BCUT2D eigenvalue weighted by Gasteiger charge is -2.22. The summed E-state index contributed by atoms with van der Waals surface area (Å²) in [6.07, 6.45) is 5.36. The van der Waals surface area contributed by atoms with E-state index in [-0.39, 0.29) is 23.6 Å². The van der Waals surface area contributed by atoms with Gasteiger partial charge in [-0.15, -0.1) is 11.3 Å². The molecule has 0 bridgehead atoms. The van der Waals surface area contributed by atoms with Crippen LogP contribution in [0.25, 0.3) is 11.2 Å². The van der Waals surface area contributed by atoms with Gasteiger partial charge in [0.15, 0.2) is 11.2 Å². The Morgan fingerprint density at radius 3 is 2.77 bits per heavy atom. The molecule has 0 aliphatic heterocycles. The van der Waals surface area contributed by atoms with Gasteiger partial charge in [0.25, 0.3) is 5.56 Å². The number of carbonyl (C=O) groups is 1. The van der Waals surface area contributed by atoms with E-state index in [1.807, 2.05) is 23.6 Å². The Balaban J connectivity index is 1.61. The Morgan fingerprint density at radius 1 is 1.23 bits per heavy atom. The maximum atomic E-state index is 13.2. The third kappa shape index (κ3) is 3.73. The van der Waals surface area contributed by atoms with Crippen molar-refractivity contribution >= 4 is 28.4 Å².